The standard InChI is InChI=1S/C14H16N2/c1-9-6-13(16)8-14(10(9)2)11-4-3-5-12(15)7-11/h3-8H,15-16H2,1-2H3. The lowest BCUT2D eigenvalue weighted by molar-refractivity contribution is 1.34. The molecule has 0 fully saturated rings. The first-order chi connectivity index (χ1) is 7.58. The molecule has 2 nitrogen and oxygen atoms in total. The summed E-state index contributed by atoms with van der Waals surface area (Å²) in [6.45, 7) is 4.18. The van der Waals surface area contributed by atoms with Crippen molar-refractivity contribution >= 4 is 11.4 Å². The van der Waals surface area contributed by atoms with Gasteiger partial charge < -0.3 is 11.5 Å². The number of nitrogens with two attached hydrogens (primary N) is 2. The summed E-state index contributed by atoms with van der Waals surface area (Å²) in [5.74, 6) is 0. The Labute approximate surface area is 95.9 Å². The molecule has 0 saturated carbocycles. The Bertz CT molecular complexity index is 530. The normalized spacial score (nSPS) is 10.4. The molecule has 0 aliphatic rings. The van der Waals surface area contributed by atoms with Gasteiger partial charge >= 0.3 is 0 Å². The highest BCUT2D eigenvalue weighted by atomic mass is 14.5. The number of nitrogen functional groups attached to an aromatic ring is 2. The summed E-state index contributed by atoms with van der Waals surface area (Å²) in [5.41, 5.74) is 18.0. The Hall–Kier alpha value is -1.96. The van der Waals surface area contributed by atoms with Crippen LogP contribution < -0.4 is 11.5 Å². The molecule has 2 rings (SSSR count). The highest BCUT2D eigenvalue weighted by Crippen LogP contribution is 2.29. The maximum atomic E-state index is 5.87. The van der Waals surface area contributed by atoms with E-state index in [2.05, 4.69) is 19.9 Å². The van der Waals surface area contributed by atoms with Crippen LogP contribution in [0.15, 0.2) is 36.4 Å². The fourth-order valence-corrected chi connectivity index (χ4v) is 1.89. The quantitative estimate of drug-likeness (QED) is 0.713. The number of rotatable bonds is 1. The van der Waals surface area contributed by atoms with Gasteiger partial charge in [-0.3, -0.25) is 0 Å². The van der Waals surface area contributed by atoms with Gasteiger partial charge in [-0.2, -0.15) is 0 Å². The summed E-state index contributed by atoms with van der Waals surface area (Å²) in [6.07, 6.45) is 0. The summed E-state index contributed by atoms with van der Waals surface area (Å²) in [5, 5.41) is 0. The van der Waals surface area contributed by atoms with E-state index in [1.807, 2.05) is 30.3 Å². The monoisotopic (exact) mass is 212 g/mol. The minimum Gasteiger partial charge on any atom is -0.399 e. The van der Waals surface area contributed by atoms with E-state index in [0.29, 0.717) is 0 Å². The van der Waals surface area contributed by atoms with Crippen molar-refractivity contribution in [3.05, 3.63) is 47.5 Å². The highest BCUT2D eigenvalue weighted by molar-refractivity contribution is 5.74. The summed E-state index contributed by atoms with van der Waals surface area (Å²) in [4.78, 5) is 0. The van der Waals surface area contributed by atoms with E-state index in [4.69, 9.17) is 11.5 Å². The van der Waals surface area contributed by atoms with Gasteiger partial charge in [-0.25, -0.2) is 0 Å². The molecule has 0 unspecified atom stereocenters. The molecular formula is C14H16N2. The fourth-order valence-electron chi connectivity index (χ4n) is 1.89. The van der Waals surface area contributed by atoms with Gasteiger partial charge in [-0.1, -0.05) is 12.1 Å². The molecule has 0 atom stereocenters. The van der Waals surface area contributed by atoms with Crippen LogP contribution in [0.4, 0.5) is 11.4 Å². The van der Waals surface area contributed by atoms with Crippen molar-refractivity contribution in [2.75, 3.05) is 11.5 Å². The van der Waals surface area contributed by atoms with Crippen LogP contribution in [0, 0.1) is 13.8 Å². The SMILES string of the molecule is Cc1cc(N)cc(-c2cccc(N)c2)c1C. The van der Waals surface area contributed by atoms with Crippen molar-refractivity contribution in [1.29, 1.82) is 0 Å². The summed E-state index contributed by atoms with van der Waals surface area (Å²) in [6, 6.07) is 11.9. The maximum absolute atomic E-state index is 5.87. The second-order valence-electron chi connectivity index (χ2n) is 4.14. The van der Waals surface area contributed by atoms with Gasteiger partial charge in [-0.15, -0.1) is 0 Å². The largest absolute Gasteiger partial charge is 0.399 e. The third-order valence-electron chi connectivity index (χ3n) is 2.89. The first kappa shape index (κ1) is 10.6. The van der Waals surface area contributed by atoms with Crippen LogP contribution in [0.1, 0.15) is 11.1 Å². The average Bonchev–Trinajstić information content (AvgIpc) is 2.23. The van der Waals surface area contributed by atoms with Crippen LogP contribution in [-0.4, -0.2) is 0 Å². The van der Waals surface area contributed by atoms with Crippen LogP contribution in [-0.2, 0) is 0 Å². The molecule has 0 heterocycles. The van der Waals surface area contributed by atoms with E-state index in [9.17, 15) is 0 Å². The van der Waals surface area contributed by atoms with E-state index in [1.54, 1.807) is 0 Å². The Balaban J connectivity index is 2.64. The fraction of sp³-hybridized carbons (Fsp3) is 0.143. The topological polar surface area (TPSA) is 52.0 Å². The molecule has 16 heavy (non-hydrogen) atoms. The molecule has 2 aromatic carbocycles. The Morgan fingerprint density at radius 2 is 1.62 bits per heavy atom. The molecule has 2 aromatic rings. The molecule has 82 valence electrons. The molecule has 0 aliphatic heterocycles. The number of hydrogen-bond acceptors (Lipinski definition) is 2. The van der Waals surface area contributed by atoms with E-state index >= 15 is 0 Å². The third-order valence-corrected chi connectivity index (χ3v) is 2.89. The number of hydrogen-bond donors (Lipinski definition) is 2. The predicted molar refractivity (Wildman–Crippen MR) is 70.2 cm³/mol. The van der Waals surface area contributed by atoms with Gasteiger partial charge in [0.25, 0.3) is 0 Å². The van der Waals surface area contributed by atoms with Crippen molar-refractivity contribution in [3.63, 3.8) is 0 Å². The number of anilines is 2. The van der Waals surface area contributed by atoms with Gasteiger partial charge in [0.1, 0.15) is 0 Å². The van der Waals surface area contributed by atoms with Gasteiger partial charge in [0.05, 0.1) is 0 Å². The third kappa shape index (κ3) is 1.87. The van der Waals surface area contributed by atoms with E-state index in [0.717, 1.165) is 22.5 Å². The van der Waals surface area contributed by atoms with Crippen LogP contribution in [0.3, 0.4) is 0 Å². The highest BCUT2D eigenvalue weighted by Gasteiger charge is 2.05. The van der Waals surface area contributed by atoms with Gasteiger partial charge in [0, 0.05) is 11.4 Å². The molecule has 0 radical (unpaired) electrons. The molecule has 0 saturated heterocycles. The van der Waals surface area contributed by atoms with Crippen molar-refractivity contribution in [2.24, 2.45) is 0 Å². The molecule has 0 amide bonds. The molecular weight excluding hydrogens is 196 g/mol. The second-order valence-corrected chi connectivity index (χ2v) is 4.14. The number of aryl methyl sites for hydroxylation is 1. The minimum absolute atomic E-state index is 0.775. The van der Waals surface area contributed by atoms with Crippen LogP contribution >= 0.6 is 0 Å². The summed E-state index contributed by atoms with van der Waals surface area (Å²) in [7, 11) is 0. The van der Waals surface area contributed by atoms with Crippen molar-refractivity contribution in [3.8, 4) is 11.1 Å². The maximum Gasteiger partial charge on any atom is 0.0323 e. The van der Waals surface area contributed by atoms with Crippen LogP contribution in [0.2, 0.25) is 0 Å². The van der Waals surface area contributed by atoms with Gasteiger partial charge in [-0.05, 0) is 60.4 Å². The van der Waals surface area contributed by atoms with Crippen molar-refractivity contribution in [2.45, 2.75) is 13.8 Å². The molecule has 0 aliphatic carbocycles. The molecule has 0 bridgehead atoms. The average molecular weight is 212 g/mol. The molecule has 0 spiro atoms. The van der Waals surface area contributed by atoms with Crippen molar-refractivity contribution in [1.82, 2.24) is 0 Å². The summed E-state index contributed by atoms with van der Waals surface area (Å²) < 4.78 is 0. The zero-order valence-corrected chi connectivity index (χ0v) is 9.62. The molecule has 2 heteroatoms. The second kappa shape index (κ2) is 3.89. The van der Waals surface area contributed by atoms with Gasteiger partial charge in [0.15, 0.2) is 0 Å². The van der Waals surface area contributed by atoms with E-state index in [-0.39, 0.29) is 0 Å². The zero-order chi connectivity index (χ0) is 11.7. The lowest BCUT2D eigenvalue weighted by Gasteiger charge is -2.11. The van der Waals surface area contributed by atoms with E-state index < -0.39 is 0 Å². The minimum atomic E-state index is 0.775. The van der Waals surface area contributed by atoms with Crippen LogP contribution in [0.25, 0.3) is 11.1 Å². The lowest BCUT2D eigenvalue weighted by Crippen LogP contribution is -1.93. The Kier molecular flexibility index (Phi) is 2.57. The summed E-state index contributed by atoms with van der Waals surface area (Å²) >= 11 is 0. The lowest BCUT2D eigenvalue weighted by atomic mass is 9.96. The van der Waals surface area contributed by atoms with Crippen molar-refractivity contribution < 1.29 is 0 Å². The Morgan fingerprint density at radius 1 is 0.875 bits per heavy atom. The van der Waals surface area contributed by atoms with E-state index in [1.165, 1.54) is 11.1 Å². The molecule has 0 aromatic heterocycles. The van der Waals surface area contributed by atoms with Gasteiger partial charge in [0.2, 0.25) is 0 Å². The number of benzene rings is 2. The smallest absolute Gasteiger partial charge is 0.0323 e. The predicted octanol–water partition coefficient (Wildman–Crippen LogP) is 3.13. The first-order valence-corrected chi connectivity index (χ1v) is 5.30. The first-order valence-electron chi connectivity index (χ1n) is 5.30. The molecule has 4 N–H and O–H groups in total. The zero-order valence-electron chi connectivity index (χ0n) is 9.62. The Morgan fingerprint density at radius 3 is 2.31 bits per heavy atom. The van der Waals surface area contributed by atoms with Crippen LogP contribution in [0.5, 0.6) is 0 Å².